The summed E-state index contributed by atoms with van der Waals surface area (Å²) >= 11 is 30.5. The van der Waals surface area contributed by atoms with E-state index in [1.165, 1.54) is 0 Å². The SMILES string of the molecule is Clc1cc(Cl)cc(-c2ccc(Cl)nc2-c2cc(Cl)cc(Cl)c2)c1. The Morgan fingerprint density at radius 3 is 1.57 bits per heavy atom. The van der Waals surface area contributed by atoms with Crippen LogP contribution in [0.5, 0.6) is 0 Å². The van der Waals surface area contributed by atoms with Crippen molar-refractivity contribution in [1.29, 1.82) is 0 Å². The standard InChI is InChI=1S/C17H8Cl5N/c18-11-3-9(4-12(19)7-11)15-1-2-16(22)23-17(15)10-5-13(20)8-14(21)6-10/h1-8H. The van der Waals surface area contributed by atoms with E-state index in [0.717, 1.165) is 16.7 Å². The van der Waals surface area contributed by atoms with E-state index in [4.69, 9.17) is 58.0 Å². The fourth-order valence-electron chi connectivity index (χ4n) is 2.29. The van der Waals surface area contributed by atoms with E-state index in [-0.39, 0.29) is 0 Å². The molecule has 0 aliphatic heterocycles. The maximum absolute atomic E-state index is 6.11. The summed E-state index contributed by atoms with van der Waals surface area (Å²) in [4.78, 5) is 4.42. The summed E-state index contributed by atoms with van der Waals surface area (Å²) in [6, 6.07) is 14.1. The Hall–Kier alpha value is -0.960. The van der Waals surface area contributed by atoms with Crippen LogP contribution < -0.4 is 0 Å². The number of hydrogen-bond acceptors (Lipinski definition) is 1. The van der Waals surface area contributed by atoms with Gasteiger partial charge in [-0.05, 0) is 54.1 Å². The molecule has 0 atom stereocenters. The number of nitrogens with zero attached hydrogens (tertiary/aromatic N) is 1. The minimum atomic E-state index is 0.368. The van der Waals surface area contributed by atoms with Crippen molar-refractivity contribution < 1.29 is 0 Å². The number of rotatable bonds is 2. The molecule has 116 valence electrons. The van der Waals surface area contributed by atoms with Crippen molar-refractivity contribution in [3.63, 3.8) is 0 Å². The zero-order valence-corrected chi connectivity index (χ0v) is 15.2. The summed E-state index contributed by atoms with van der Waals surface area (Å²) in [5.74, 6) is 0. The van der Waals surface area contributed by atoms with E-state index in [2.05, 4.69) is 4.98 Å². The van der Waals surface area contributed by atoms with Gasteiger partial charge in [-0.3, -0.25) is 0 Å². The van der Waals surface area contributed by atoms with Crippen molar-refractivity contribution in [2.75, 3.05) is 0 Å². The van der Waals surface area contributed by atoms with E-state index < -0.39 is 0 Å². The average Bonchev–Trinajstić information content (AvgIpc) is 2.45. The number of benzene rings is 2. The molecular weight excluding hydrogens is 395 g/mol. The van der Waals surface area contributed by atoms with Gasteiger partial charge in [-0.25, -0.2) is 4.98 Å². The number of aromatic nitrogens is 1. The number of pyridine rings is 1. The Morgan fingerprint density at radius 1 is 0.565 bits per heavy atom. The summed E-state index contributed by atoms with van der Waals surface area (Å²) in [5.41, 5.74) is 3.08. The molecule has 3 rings (SSSR count). The summed E-state index contributed by atoms with van der Waals surface area (Å²) in [7, 11) is 0. The minimum Gasteiger partial charge on any atom is -0.235 e. The molecule has 0 spiro atoms. The lowest BCUT2D eigenvalue weighted by Crippen LogP contribution is -1.91. The highest BCUT2D eigenvalue weighted by Gasteiger charge is 2.13. The van der Waals surface area contributed by atoms with Crippen LogP contribution in [0, 0.1) is 0 Å². The molecule has 0 saturated heterocycles. The smallest absolute Gasteiger partial charge is 0.129 e. The predicted octanol–water partition coefficient (Wildman–Crippen LogP) is 7.68. The maximum Gasteiger partial charge on any atom is 0.129 e. The molecule has 0 amide bonds. The van der Waals surface area contributed by atoms with Gasteiger partial charge in [0.05, 0.1) is 5.69 Å². The number of halogens is 5. The first-order chi connectivity index (χ1) is 10.9. The molecule has 3 aromatic rings. The van der Waals surface area contributed by atoms with E-state index in [0.29, 0.717) is 30.9 Å². The lowest BCUT2D eigenvalue weighted by Gasteiger charge is -2.11. The average molecular weight is 404 g/mol. The van der Waals surface area contributed by atoms with Gasteiger partial charge in [0, 0.05) is 31.2 Å². The van der Waals surface area contributed by atoms with Crippen LogP contribution in [-0.2, 0) is 0 Å². The molecule has 0 aliphatic carbocycles. The Kier molecular flexibility index (Phi) is 5.05. The largest absolute Gasteiger partial charge is 0.235 e. The first-order valence-corrected chi connectivity index (χ1v) is 8.41. The van der Waals surface area contributed by atoms with Gasteiger partial charge < -0.3 is 0 Å². The Morgan fingerprint density at radius 2 is 1.04 bits per heavy atom. The molecule has 1 nitrogen and oxygen atoms in total. The number of hydrogen-bond donors (Lipinski definition) is 0. The van der Waals surface area contributed by atoms with E-state index in [1.54, 1.807) is 30.3 Å². The second kappa shape index (κ2) is 6.88. The van der Waals surface area contributed by atoms with Crippen LogP contribution in [0.1, 0.15) is 0 Å². The lowest BCUT2D eigenvalue weighted by molar-refractivity contribution is 1.32. The molecule has 1 aromatic heterocycles. The van der Waals surface area contributed by atoms with Gasteiger partial charge in [-0.2, -0.15) is 0 Å². The topological polar surface area (TPSA) is 12.9 Å². The quantitative estimate of drug-likeness (QED) is 0.400. The van der Waals surface area contributed by atoms with Gasteiger partial charge in [0.15, 0.2) is 0 Å². The molecule has 23 heavy (non-hydrogen) atoms. The molecule has 0 saturated carbocycles. The molecule has 0 aliphatic rings. The van der Waals surface area contributed by atoms with Gasteiger partial charge in [-0.1, -0.05) is 58.0 Å². The van der Waals surface area contributed by atoms with Crippen LogP contribution in [0.2, 0.25) is 25.2 Å². The highest BCUT2D eigenvalue weighted by Crippen LogP contribution is 2.36. The molecule has 0 bridgehead atoms. The van der Waals surface area contributed by atoms with Crippen LogP contribution in [-0.4, -0.2) is 4.98 Å². The fraction of sp³-hybridized carbons (Fsp3) is 0. The zero-order valence-electron chi connectivity index (χ0n) is 11.5. The summed E-state index contributed by atoms with van der Waals surface area (Å²) < 4.78 is 0. The Labute approximate surface area is 158 Å². The van der Waals surface area contributed by atoms with Crippen molar-refractivity contribution in [1.82, 2.24) is 4.98 Å². The van der Waals surface area contributed by atoms with Crippen molar-refractivity contribution in [2.24, 2.45) is 0 Å². The van der Waals surface area contributed by atoms with Crippen LogP contribution in [0.25, 0.3) is 22.4 Å². The predicted molar refractivity (Wildman–Crippen MR) is 100 cm³/mol. The molecule has 6 heteroatoms. The third kappa shape index (κ3) is 3.93. The third-order valence-electron chi connectivity index (χ3n) is 3.17. The summed E-state index contributed by atoms with van der Waals surface area (Å²) in [6.07, 6.45) is 0. The van der Waals surface area contributed by atoms with Gasteiger partial charge in [0.2, 0.25) is 0 Å². The molecule has 2 aromatic carbocycles. The molecule has 0 radical (unpaired) electrons. The van der Waals surface area contributed by atoms with Crippen LogP contribution in [0.4, 0.5) is 0 Å². The van der Waals surface area contributed by atoms with E-state index >= 15 is 0 Å². The second-order valence-corrected chi connectivity index (χ2v) is 6.98. The third-order valence-corrected chi connectivity index (χ3v) is 4.25. The summed E-state index contributed by atoms with van der Waals surface area (Å²) in [6.45, 7) is 0. The van der Waals surface area contributed by atoms with Crippen molar-refractivity contribution >= 4 is 58.0 Å². The van der Waals surface area contributed by atoms with Crippen LogP contribution in [0.15, 0.2) is 48.5 Å². The summed E-state index contributed by atoms with van der Waals surface area (Å²) in [5, 5.41) is 2.48. The minimum absolute atomic E-state index is 0.368. The highest BCUT2D eigenvalue weighted by molar-refractivity contribution is 6.36. The van der Waals surface area contributed by atoms with Crippen molar-refractivity contribution in [2.45, 2.75) is 0 Å². The van der Waals surface area contributed by atoms with Gasteiger partial charge >= 0.3 is 0 Å². The van der Waals surface area contributed by atoms with Gasteiger partial charge in [0.1, 0.15) is 5.15 Å². The molecule has 1 heterocycles. The van der Waals surface area contributed by atoms with Crippen molar-refractivity contribution in [3.8, 4) is 22.4 Å². The highest BCUT2D eigenvalue weighted by atomic mass is 35.5. The fourth-order valence-corrected chi connectivity index (χ4v) is 3.49. The first kappa shape index (κ1) is 16.9. The molecular formula is C17H8Cl5N. The molecule has 0 N–H and O–H groups in total. The molecule has 0 fully saturated rings. The van der Waals surface area contributed by atoms with Crippen LogP contribution in [0.3, 0.4) is 0 Å². The monoisotopic (exact) mass is 401 g/mol. The van der Waals surface area contributed by atoms with E-state index in [1.807, 2.05) is 18.2 Å². The molecule has 0 unspecified atom stereocenters. The first-order valence-electron chi connectivity index (χ1n) is 6.52. The zero-order chi connectivity index (χ0) is 16.6. The van der Waals surface area contributed by atoms with E-state index in [9.17, 15) is 0 Å². The second-order valence-electron chi connectivity index (χ2n) is 4.85. The Bertz CT molecular complexity index is 852. The van der Waals surface area contributed by atoms with Gasteiger partial charge in [0.25, 0.3) is 0 Å². The van der Waals surface area contributed by atoms with Gasteiger partial charge in [-0.15, -0.1) is 0 Å². The van der Waals surface area contributed by atoms with Crippen LogP contribution >= 0.6 is 58.0 Å². The lowest BCUT2D eigenvalue weighted by atomic mass is 9.99. The van der Waals surface area contributed by atoms with Crippen molar-refractivity contribution in [3.05, 3.63) is 73.8 Å². The maximum atomic E-state index is 6.11. The normalized spacial score (nSPS) is 10.8. The Balaban J connectivity index is 2.26.